The van der Waals surface area contributed by atoms with E-state index in [1.807, 2.05) is 25.1 Å². The summed E-state index contributed by atoms with van der Waals surface area (Å²) in [5, 5.41) is 3.07. The monoisotopic (exact) mass is 421 g/mol. The van der Waals surface area contributed by atoms with Crippen LogP contribution in [0.4, 0.5) is 5.69 Å². The largest absolute Gasteiger partial charge is 0.325 e. The second-order valence-electron chi connectivity index (χ2n) is 8.66. The maximum absolute atomic E-state index is 12.5. The molecule has 1 N–H and O–H groups in total. The Morgan fingerprint density at radius 1 is 0.968 bits per heavy atom. The Hall–Kier alpha value is -2.50. The number of carbonyl (C=O) groups excluding carboxylic acids is 2. The summed E-state index contributed by atoms with van der Waals surface area (Å²) in [6.45, 7) is 14.8. The van der Waals surface area contributed by atoms with E-state index in [1.165, 1.54) is 11.1 Å². The molecule has 1 saturated heterocycles. The number of Topliss-reactive ketones (excluding diaryl/α,β-unsaturated/α-hetero) is 1. The van der Waals surface area contributed by atoms with Crippen molar-refractivity contribution in [1.82, 2.24) is 9.80 Å². The molecule has 3 rings (SSSR count). The zero-order chi connectivity index (χ0) is 22.5. The molecule has 0 atom stereocenters. The van der Waals surface area contributed by atoms with Gasteiger partial charge in [0.15, 0.2) is 5.78 Å². The van der Waals surface area contributed by atoms with Crippen molar-refractivity contribution in [3.63, 3.8) is 0 Å². The number of anilines is 1. The average molecular weight is 422 g/mol. The van der Waals surface area contributed by atoms with Crippen LogP contribution in [-0.2, 0) is 17.8 Å². The summed E-state index contributed by atoms with van der Waals surface area (Å²) in [4.78, 5) is 29.3. The number of hydrogen-bond donors (Lipinski definition) is 1. The maximum atomic E-state index is 12.5. The Morgan fingerprint density at radius 2 is 1.61 bits per heavy atom. The third-order valence-corrected chi connectivity index (χ3v) is 6.37. The van der Waals surface area contributed by atoms with E-state index in [0.717, 1.165) is 67.1 Å². The number of carbonyl (C=O) groups is 2. The predicted octanol–water partition coefficient (Wildman–Crippen LogP) is 4.13. The van der Waals surface area contributed by atoms with Crippen LogP contribution in [0.2, 0.25) is 0 Å². The van der Waals surface area contributed by atoms with Crippen LogP contribution in [-0.4, -0.2) is 54.2 Å². The van der Waals surface area contributed by atoms with Crippen LogP contribution in [0.25, 0.3) is 0 Å². The van der Waals surface area contributed by atoms with E-state index in [-0.39, 0.29) is 11.7 Å². The van der Waals surface area contributed by atoms with E-state index < -0.39 is 0 Å². The second-order valence-corrected chi connectivity index (χ2v) is 8.66. The molecule has 0 aromatic heterocycles. The molecule has 1 aliphatic heterocycles. The molecule has 1 aliphatic rings. The van der Waals surface area contributed by atoms with Gasteiger partial charge in [0.05, 0.1) is 6.54 Å². The van der Waals surface area contributed by atoms with Crippen LogP contribution >= 0.6 is 0 Å². The number of ketones is 1. The molecule has 0 radical (unpaired) electrons. The lowest BCUT2D eigenvalue weighted by atomic mass is 9.91. The molecule has 1 amide bonds. The minimum Gasteiger partial charge on any atom is -0.325 e. The molecular formula is C26H35N3O2. The smallest absolute Gasteiger partial charge is 0.238 e. The van der Waals surface area contributed by atoms with Crippen molar-refractivity contribution in [2.24, 2.45) is 0 Å². The Labute approximate surface area is 186 Å². The first kappa shape index (κ1) is 23.2. The fourth-order valence-electron chi connectivity index (χ4n) is 4.68. The van der Waals surface area contributed by atoms with Gasteiger partial charge in [-0.3, -0.25) is 19.4 Å². The van der Waals surface area contributed by atoms with Crippen LogP contribution < -0.4 is 5.32 Å². The van der Waals surface area contributed by atoms with Gasteiger partial charge in [0, 0.05) is 44.0 Å². The number of rotatable bonds is 7. The van der Waals surface area contributed by atoms with Crippen molar-refractivity contribution in [2.45, 2.75) is 47.6 Å². The van der Waals surface area contributed by atoms with Crippen LogP contribution in [0.15, 0.2) is 30.3 Å². The Balaban J connectivity index is 1.56. The van der Waals surface area contributed by atoms with Crippen molar-refractivity contribution in [2.75, 3.05) is 38.0 Å². The van der Waals surface area contributed by atoms with Crippen molar-refractivity contribution in [1.29, 1.82) is 0 Å². The molecule has 166 valence electrons. The number of piperazine rings is 1. The van der Waals surface area contributed by atoms with Gasteiger partial charge in [-0.05, 0) is 68.0 Å². The molecule has 0 unspecified atom stereocenters. The Bertz CT molecular complexity index is 959. The number of nitrogens with one attached hydrogen (secondary N) is 1. The Kier molecular flexibility index (Phi) is 7.63. The SMILES string of the molecule is CCc1ccccc1NC(=O)CN1CCN(Cc2c(C)cc(C)c(C(C)=O)c2C)CC1. The third-order valence-electron chi connectivity index (χ3n) is 6.37. The number of para-hydroxylation sites is 1. The number of amides is 1. The van der Waals surface area contributed by atoms with Gasteiger partial charge in [-0.15, -0.1) is 0 Å². The normalized spacial score (nSPS) is 15.1. The van der Waals surface area contributed by atoms with Crippen molar-refractivity contribution < 1.29 is 9.59 Å². The van der Waals surface area contributed by atoms with Crippen LogP contribution in [0.3, 0.4) is 0 Å². The molecule has 1 heterocycles. The lowest BCUT2D eigenvalue weighted by Crippen LogP contribution is -2.48. The molecule has 2 aromatic rings. The zero-order valence-corrected chi connectivity index (χ0v) is 19.5. The van der Waals surface area contributed by atoms with Crippen molar-refractivity contribution in [3.05, 3.63) is 63.7 Å². The molecule has 0 aliphatic carbocycles. The topological polar surface area (TPSA) is 52.7 Å². The molecule has 1 fully saturated rings. The van der Waals surface area contributed by atoms with E-state index in [1.54, 1.807) is 6.92 Å². The highest BCUT2D eigenvalue weighted by Crippen LogP contribution is 2.24. The van der Waals surface area contributed by atoms with Gasteiger partial charge < -0.3 is 5.32 Å². The lowest BCUT2D eigenvalue weighted by molar-refractivity contribution is -0.117. The molecular weight excluding hydrogens is 386 g/mol. The molecule has 0 spiro atoms. The highest BCUT2D eigenvalue weighted by Gasteiger charge is 2.22. The van der Waals surface area contributed by atoms with Crippen LogP contribution in [0, 0.1) is 20.8 Å². The first-order valence-electron chi connectivity index (χ1n) is 11.2. The minimum atomic E-state index is 0.0469. The fourth-order valence-corrected chi connectivity index (χ4v) is 4.68. The van der Waals surface area contributed by atoms with Crippen molar-refractivity contribution in [3.8, 4) is 0 Å². The van der Waals surface area contributed by atoms with E-state index in [9.17, 15) is 9.59 Å². The number of aryl methyl sites for hydroxylation is 3. The number of nitrogens with zero attached hydrogens (tertiary/aromatic N) is 2. The highest BCUT2D eigenvalue weighted by molar-refractivity contribution is 5.97. The van der Waals surface area contributed by atoms with Gasteiger partial charge in [0.2, 0.25) is 5.91 Å². The number of hydrogen-bond acceptors (Lipinski definition) is 4. The summed E-state index contributed by atoms with van der Waals surface area (Å²) in [7, 11) is 0. The summed E-state index contributed by atoms with van der Waals surface area (Å²) < 4.78 is 0. The van der Waals surface area contributed by atoms with Crippen LogP contribution in [0.1, 0.15) is 52.0 Å². The second kappa shape index (κ2) is 10.2. The van der Waals surface area contributed by atoms with E-state index in [4.69, 9.17) is 0 Å². The van der Waals surface area contributed by atoms with Gasteiger partial charge in [-0.1, -0.05) is 31.2 Å². The molecule has 5 nitrogen and oxygen atoms in total. The van der Waals surface area contributed by atoms with Crippen molar-refractivity contribution >= 4 is 17.4 Å². The molecule has 0 bridgehead atoms. The summed E-state index contributed by atoms with van der Waals surface area (Å²) in [6.07, 6.45) is 0.901. The molecule has 31 heavy (non-hydrogen) atoms. The zero-order valence-electron chi connectivity index (χ0n) is 19.5. The van der Waals surface area contributed by atoms with E-state index in [0.29, 0.717) is 6.54 Å². The Morgan fingerprint density at radius 3 is 2.26 bits per heavy atom. The standard InChI is InChI=1S/C26H35N3O2/c1-6-22-9-7-8-10-24(22)27-25(31)17-29-13-11-28(12-14-29)16-23-18(2)15-19(3)26(20(23)4)21(5)30/h7-10,15H,6,11-14,16-17H2,1-5H3,(H,27,31). The first-order chi connectivity index (χ1) is 14.8. The predicted molar refractivity (Wildman–Crippen MR) is 127 cm³/mol. The number of benzene rings is 2. The summed E-state index contributed by atoms with van der Waals surface area (Å²) >= 11 is 0. The summed E-state index contributed by atoms with van der Waals surface area (Å²) in [5.41, 5.74) is 7.63. The van der Waals surface area contributed by atoms with E-state index >= 15 is 0 Å². The quantitative estimate of drug-likeness (QED) is 0.683. The average Bonchev–Trinajstić information content (AvgIpc) is 2.72. The summed E-state index contributed by atoms with van der Waals surface area (Å²) in [6, 6.07) is 10.1. The summed E-state index contributed by atoms with van der Waals surface area (Å²) in [5.74, 6) is 0.183. The van der Waals surface area contributed by atoms with Gasteiger partial charge in [0.1, 0.15) is 0 Å². The van der Waals surface area contributed by atoms with Gasteiger partial charge in [0.25, 0.3) is 0 Å². The van der Waals surface area contributed by atoms with E-state index in [2.05, 4.69) is 48.0 Å². The molecule has 5 heteroatoms. The maximum Gasteiger partial charge on any atom is 0.238 e. The van der Waals surface area contributed by atoms with Crippen LogP contribution in [0.5, 0.6) is 0 Å². The molecule has 0 saturated carbocycles. The molecule has 2 aromatic carbocycles. The highest BCUT2D eigenvalue weighted by atomic mass is 16.2. The third kappa shape index (κ3) is 5.60. The fraction of sp³-hybridized carbons (Fsp3) is 0.462. The minimum absolute atomic E-state index is 0.0469. The van der Waals surface area contributed by atoms with Gasteiger partial charge in [-0.25, -0.2) is 0 Å². The lowest BCUT2D eigenvalue weighted by Gasteiger charge is -2.35. The van der Waals surface area contributed by atoms with Gasteiger partial charge in [-0.2, -0.15) is 0 Å². The van der Waals surface area contributed by atoms with Gasteiger partial charge >= 0.3 is 0 Å². The first-order valence-corrected chi connectivity index (χ1v) is 11.2.